The number of carbonyl (C=O) groups is 1. The molecule has 0 spiro atoms. The second-order valence-electron chi connectivity index (χ2n) is 5.72. The second kappa shape index (κ2) is 6.75. The third-order valence-electron chi connectivity index (χ3n) is 4.02. The van der Waals surface area contributed by atoms with Crippen molar-refractivity contribution in [1.29, 1.82) is 0 Å². The summed E-state index contributed by atoms with van der Waals surface area (Å²) >= 11 is 0. The van der Waals surface area contributed by atoms with Crippen molar-refractivity contribution in [2.24, 2.45) is 11.7 Å². The summed E-state index contributed by atoms with van der Waals surface area (Å²) in [6.45, 7) is 6.48. The standard InChI is InChI=1S/C16H25N3O/c1-12(17)15-5-3-4-6-16(15)19-9-7-14(8-10-19)11-18-13(2)20/h3-6,12,14H,7-11,17H2,1-2H3,(H,18,20)/t12-/m0/s1. The first-order chi connectivity index (χ1) is 9.58. The third kappa shape index (κ3) is 3.73. The maximum absolute atomic E-state index is 11.0. The van der Waals surface area contributed by atoms with E-state index in [1.807, 2.05) is 13.0 Å². The molecule has 1 saturated heterocycles. The molecule has 3 N–H and O–H groups in total. The molecule has 0 radical (unpaired) electrons. The summed E-state index contributed by atoms with van der Waals surface area (Å²) in [6.07, 6.45) is 2.24. The average molecular weight is 275 g/mol. The van der Waals surface area contributed by atoms with Crippen molar-refractivity contribution in [3.05, 3.63) is 29.8 Å². The van der Waals surface area contributed by atoms with Crippen molar-refractivity contribution in [2.75, 3.05) is 24.5 Å². The highest BCUT2D eigenvalue weighted by molar-refractivity contribution is 5.72. The number of nitrogens with one attached hydrogen (secondary N) is 1. The van der Waals surface area contributed by atoms with Gasteiger partial charge in [-0.2, -0.15) is 0 Å². The number of hydrogen-bond donors (Lipinski definition) is 2. The van der Waals surface area contributed by atoms with E-state index < -0.39 is 0 Å². The normalized spacial score (nSPS) is 17.9. The average Bonchev–Trinajstić information content (AvgIpc) is 2.45. The molecule has 110 valence electrons. The number of rotatable bonds is 4. The molecule has 1 aromatic carbocycles. The van der Waals surface area contributed by atoms with Crippen molar-refractivity contribution in [3.63, 3.8) is 0 Å². The number of amides is 1. The van der Waals surface area contributed by atoms with E-state index in [4.69, 9.17) is 5.73 Å². The van der Waals surface area contributed by atoms with Gasteiger partial charge in [0.25, 0.3) is 0 Å². The van der Waals surface area contributed by atoms with E-state index in [2.05, 4.69) is 28.4 Å². The van der Waals surface area contributed by atoms with Crippen molar-refractivity contribution in [1.82, 2.24) is 5.32 Å². The molecule has 1 aliphatic rings. The number of piperidine rings is 1. The van der Waals surface area contributed by atoms with Gasteiger partial charge in [-0.05, 0) is 37.3 Å². The van der Waals surface area contributed by atoms with Crippen LogP contribution in [0, 0.1) is 5.92 Å². The lowest BCUT2D eigenvalue weighted by molar-refractivity contribution is -0.119. The number of nitrogens with two attached hydrogens (primary N) is 1. The van der Waals surface area contributed by atoms with E-state index in [9.17, 15) is 4.79 Å². The molecular weight excluding hydrogens is 250 g/mol. The maximum atomic E-state index is 11.0. The van der Waals surface area contributed by atoms with Crippen molar-refractivity contribution in [3.8, 4) is 0 Å². The van der Waals surface area contributed by atoms with Crippen LogP contribution in [0.2, 0.25) is 0 Å². The zero-order chi connectivity index (χ0) is 14.5. The number of benzene rings is 1. The number of nitrogens with zero attached hydrogens (tertiary/aromatic N) is 1. The zero-order valence-electron chi connectivity index (χ0n) is 12.4. The van der Waals surface area contributed by atoms with E-state index in [0.29, 0.717) is 5.92 Å². The summed E-state index contributed by atoms with van der Waals surface area (Å²) in [7, 11) is 0. The Balaban J connectivity index is 1.95. The van der Waals surface area contributed by atoms with Gasteiger partial charge in [0.1, 0.15) is 0 Å². The van der Waals surface area contributed by atoms with Crippen LogP contribution in [0.15, 0.2) is 24.3 Å². The van der Waals surface area contributed by atoms with Gasteiger partial charge in [0, 0.05) is 38.3 Å². The fourth-order valence-corrected chi connectivity index (χ4v) is 2.83. The van der Waals surface area contributed by atoms with Crippen molar-refractivity contribution < 1.29 is 4.79 Å². The molecule has 1 aliphatic heterocycles. The third-order valence-corrected chi connectivity index (χ3v) is 4.02. The van der Waals surface area contributed by atoms with Crippen LogP contribution in [-0.2, 0) is 4.79 Å². The minimum atomic E-state index is 0.0586. The first kappa shape index (κ1) is 14.9. The summed E-state index contributed by atoms with van der Waals surface area (Å²) in [5.41, 5.74) is 8.54. The van der Waals surface area contributed by atoms with Gasteiger partial charge in [-0.15, -0.1) is 0 Å². The summed E-state index contributed by atoms with van der Waals surface area (Å²) in [6, 6.07) is 8.45. The Hall–Kier alpha value is -1.55. The molecule has 1 atom stereocenters. The van der Waals surface area contributed by atoms with Gasteiger partial charge in [0.05, 0.1) is 0 Å². The van der Waals surface area contributed by atoms with Gasteiger partial charge in [-0.3, -0.25) is 4.79 Å². The molecule has 1 amide bonds. The highest BCUT2D eigenvalue weighted by Crippen LogP contribution is 2.28. The Kier molecular flexibility index (Phi) is 5.01. The molecule has 20 heavy (non-hydrogen) atoms. The van der Waals surface area contributed by atoms with Crippen LogP contribution < -0.4 is 16.0 Å². The molecular formula is C16H25N3O. The predicted molar refractivity (Wildman–Crippen MR) is 82.7 cm³/mol. The summed E-state index contributed by atoms with van der Waals surface area (Å²) < 4.78 is 0. The van der Waals surface area contributed by atoms with Crippen LogP contribution in [0.1, 0.15) is 38.3 Å². The van der Waals surface area contributed by atoms with Crippen molar-refractivity contribution >= 4 is 11.6 Å². The van der Waals surface area contributed by atoms with Gasteiger partial charge in [0.15, 0.2) is 0 Å². The van der Waals surface area contributed by atoms with Crippen molar-refractivity contribution in [2.45, 2.75) is 32.7 Å². The molecule has 4 nitrogen and oxygen atoms in total. The number of para-hydroxylation sites is 1. The summed E-state index contributed by atoms with van der Waals surface area (Å²) in [5.74, 6) is 0.660. The lowest BCUT2D eigenvalue weighted by Gasteiger charge is -2.35. The highest BCUT2D eigenvalue weighted by atomic mass is 16.1. The van der Waals surface area contributed by atoms with Gasteiger partial charge >= 0.3 is 0 Å². The second-order valence-corrected chi connectivity index (χ2v) is 5.72. The van der Waals surface area contributed by atoms with Gasteiger partial charge in [-0.25, -0.2) is 0 Å². The lowest BCUT2D eigenvalue weighted by Crippen LogP contribution is -2.38. The van der Waals surface area contributed by atoms with Crippen LogP contribution in [0.3, 0.4) is 0 Å². The Bertz CT molecular complexity index is 451. The molecule has 1 fully saturated rings. The molecule has 0 bridgehead atoms. The Labute approximate surface area is 121 Å². The lowest BCUT2D eigenvalue weighted by atomic mass is 9.95. The molecule has 0 aliphatic carbocycles. The fourth-order valence-electron chi connectivity index (χ4n) is 2.83. The van der Waals surface area contributed by atoms with Crippen LogP contribution in [-0.4, -0.2) is 25.5 Å². The first-order valence-corrected chi connectivity index (χ1v) is 7.42. The smallest absolute Gasteiger partial charge is 0.216 e. The van der Waals surface area contributed by atoms with Crippen LogP contribution in [0.25, 0.3) is 0 Å². The molecule has 4 heteroatoms. The fraction of sp³-hybridized carbons (Fsp3) is 0.562. The summed E-state index contributed by atoms with van der Waals surface area (Å²) in [4.78, 5) is 13.4. The molecule has 1 heterocycles. The van der Waals surface area contributed by atoms with E-state index >= 15 is 0 Å². The molecule has 0 aromatic heterocycles. The minimum absolute atomic E-state index is 0.0586. The van der Waals surface area contributed by atoms with Crippen LogP contribution >= 0.6 is 0 Å². The van der Waals surface area contributed by atoms with Gasteiger partial charge in [0.2, 0.25) is 5.91 Å². The van der Waals surface area contributed by atoms with E-state index in [1.54, 1.807) is 6.92 Å². The summed E-state index contributed by atoms with van der Waals surface area (Å²) in [5, 5.41) is 2.92. The largest absolute Gasteiger partial charge is 0.371 e. The van der Waals surface area contributed by atoms with Crippen LogP contribution in [0.5, 0.6) is 0 Å². The number of anilines is 1. The van der Waals surface area contributed by atoms with E-state index in [-0.39, 0.29) is 11.9 Å². The zero-order valence-corrected chi connectivity index (χ0v) is 12.4. The molecule has 1 aromatic rings. The SMILES string of the molecule is CC(=O)NCC1CCN(c2ccccc2[C@H](C)N)CC1. The minimum Gasteiger partial charge on any atom is -0.371 e. The quantitative estimate of drug-likeness (QED) is 0.884. The maximum Gasteiger partial charge on any atom is 0.216 e. The van der Waals surface area contributed by atoms with Gasteiger partial charge in [-0.1, -0.05) is 18.2 Å². The topological polar surface area (TPSA) is 58.4 Å². The van der Waals surface area contributed by atoms with E-state index in [1.165, 1.54) is 11.3 Å². The highest BCUT2D eigenvalue weighted by Gasteiger charge is 2.21. The molecule has 0 unspecified atom stereocenters. The number of hydrogen-bond acceptors (Lipinski definition) is 3. The monoisotopic (exact) mass is 275 g/mol. The van der Waals surface area contributed by atoms with E-state index in [0.717, 1.165) is 32.5 Å². The Morgan fingerprint density at radius 3 is 2.65 bits per heavy atom. The molecule has 2 rings (SSSR count). The first-order valence-electron chi connectivity index (χ1n) is 7.42. The van der Waals surface area contributed by atoms with Gasteiger partial charge < -0.3 is 16.0 Å². The Morgan fingerprint density at radius 2 is 2.05 bits per heavy atom. The predicted octanol–water partition coefficient (Wildman–Crippen LogP) is 2.06. The van der Waals surface area contributed by atoms with Crippen LogP contribution in [0.4, 0.5) is 5.69 Å². The Morgan fingerprint density at radius 1 is 1.40 bits per heavy atom. The molecule has 0 saturated carbocycles. The number of carbonyl (C=O) groups excluding carboxylic acids is 1.